The lowest BCUT2D eigenvalue weighted by atomic mass is 9.99. The van der Waals surface area contributed by atoms with Crippen molar-refractivity contribution in [2.75, 3.05) is 33.2 Å². The van der Waals surface area contributed by atoms with Crippen LogP contribution in [-0.4, -0.2) is 44.1 Å². The minimum atomic E-state index is 0.681. The Hall–Kier alpha value is -1.26. The molecular weight excluding hydrogens is 296 g/mol. The Bertz CT molecular complexity index is 481. The highest BCUT2D eigenvalue weighted by atomic mass is 35.5. The van der Waals surface area contributed by atoms with Gasteiger partial charge in [0.2, 0.25) is 0 Å². The Labute approximate surface area is 138 Å². The number of halogens is 1. The molecule has 0 atom stereocenters. The lowest BCUT2D eigenvalue weighted by molar-refractivity contribution is 0.195. The quantitative estimate of drug-likeness (QED) is 0.647. The first-order valence-corrected chi connectivity index (χ1v) is 8.47. The van der Waals surface area contributed by atoms with E-state index in [1.54, 1.807) is 7.05 Å². The molecule has 2 rings (SSSR count). The Morgan fingerprint density at radius 2 is 2.00 bits per heavy atom. The topological polar surface area (TPSA) is 39.7 Å². The van der Waals surface area contributed by atoms with Crippen LogP contribution in [0.1, 0.15) is 25.3 Å². The fourth-order valence-electron chi connectivity index (χ4n) is 2.66. The molecule has 0 radical (unpaired) electrons. The summed E-state index contributed by atoms with van der Waals surface area (Å²) in [6.07, 6.45) is 2.64. The summed E-state index contributed by atoms with van der Waals surface area (Å²) in [5, 5.41) is 7.46. The van der Waals surface area contributed by atoms with E-state index in [4.69, 9.17) is 11.6 Å². The van der Waals surface area contributed by atoms with Gasteiger partial charge in [-0.05, 0) is 43.5 Å². The summed E-state index contributed by atoms with van der Waals surface area (Å²) in [6, 6.07) is 7.87. The van der Waals surface area contributed by atoms with Crippen LogP contribution in [-0.2, 0) is 6.54 Å². The summed E-state index contributed by atoms with van der Waals surface area (Å²) >= 11 is 6.16. The zero-order valence-electron chi connectivity index (χ0n) is 13.6. The van der Waals surface area contributed by atoms with Gasteiger partial charge in [-0.2, -0.15) is 0 Å². The highest BCUT2D eigenvalue weighted by Crippen LogP contribution is 2.15. The van der Waals surface area contributed by atoms with Crippen molar-refractivity contribution in [3.05, 3.63) is 34.9 Å². The molecule has 1 aromatic carbocycles. The molecule has 0 spiro atoms. The fourth-order valence-corrected chi connectivity index (χ4v) is 2.86. The van der Waals surface area contributed by atoms with Gasteiger partial charge < -0.3 is 15.5 Å². The van der Waals surface area contributed by atoms with E-state index < -0.39 is 0 Å². The van der Waals surface area contributed by atoms with Gasteiger partial charge in [0.1, 0.15) is 0 Å². The third-order valence-corrected chi connectivity index (χ3v) is 4.59. The highest BCUT2D eigenvalue weighted by Gasteiger charge is 2.14. The third kappa shape index (κ3) is 5.50. The number of hydrogen-bond donors (Lipinski definition) is 2. The maximum atomic E-state index is 6.16. The molecule has 5 heteroatoms. The molecule has 1 aliphatic heterocycles. The number of likely N-dealkylation sites (tertiary alicyclic amines) is 1. The predicted molar refractivity (Wildman–Crippen MR) is 94.5 cm³/mol. The molecule has 22 heavy (non-hydrogen) atoms. The lowest BCUT2D eigenvalue weighted by Crippen LogP contribution is -2.43. The number of benzene rings is 1. The molecular formula is C17H27ClN4. The van der Waals surface area contributed by atoms with Gasteiger partial charge in [0.25, 0.3) is 0 Å². The molecule has 0 saturated carbocycles. The van der Waals surface area contributed by atoms with Gasteiger partial charge in [0.15, 0.2) is 5.96 Å². The molecule has 1 saturated heterocycles. The zero-order valence-corrected chi connectivity index (χ0v) is 14.4. The summed E-state index contributed by atoms with van der Waals surface area (Å²) in [4.78, 5) is 6.78. The molecule has 0 unspecified atom stereocenters. The molecule has 2 N–H and O–H groups in total. The van der Waals surface area contributed by atoms with Crippen molar-refractivity contribution in [1.82, 2.24) is 15.5 Å². The van der Waals surface area contributed by atoms with Gasteiger partial charge in [-0.3, -0.25) is 4.99 Å². The normalized spacial score (nSPS) is 17.5. The summed E-state index contributed by atoms with van der Waals surface area (Å²) in [6.45, 7) is 7.44. The van der Waals surface area contributed by atoms with E-state index >= 15 is 0 Å². The van der Waals surface area contributed by atoms with Crippen LogP contribution in [0.2, 0.25) is 5.02 Å². The summed E-state index contributed by atoms with van der Waals surface area (Å²) in [5.74, 6) is 1.71. The summed E-state index contributed by atoms with van der Waals surface area (Å²) in [7, 11) is 1.80. The van der Waals surface area contributed by atoms with E-state index in [2.05, 4.69) is 27.4 Å². The maximum Gasteiger partial charge on any atom is 0.191 e. The molecule has 0 aromatic heterocycles. The van der Waals surface area contributed by atoms with Crippen LogP contribution >= 0.6 is 11.6 Å². The first kappa shape index (κ1) is 17.1. The first-order valence-electron chi connectivity index (χ1n) is 8.09. The summed E-state index contributed by atoms with van der Waals surface area (Å²) < 4.78 is 0. The maximum absolute atomic E-state index is 6.16. The molecule has 1 heterocycles. The van der Waals surface area contributed by atoms with Gasteiger partial charge in [-0.25, -0.2) is 0 Å². The molecule has 1 aromatic rings. The Morgan fingerprint density at radius 3 is 2.68 bits per heavy atom. The number of nitrogens with one attached hydrogen (secondary N) is 2. The second kappa shape index (κ2) is 9.01. The second-order valence-corrected chi connectivity index (χ2v) is 6.38. The zero-order chi connectivity index (χ0) is 15.8. The summed E-state index contributed by atoms with van der Waals surface area (Å²) in [5.41, 5.74) is 1.08. The number of hydrogen-bond acceptors (Lipinski definition) is 2. The van der Waals surface area contributed by atoms with Crippen molar-refractivity contribution in [2.45, 2.75) is 26.3 Å². The van der Waals surface area contributed by atoms with E-state index in [0.29, 0.717) is 6.54 Å². The van der Waals surface area contributed by atoms with Crippen molar-refractivity contribution in [2.24, 2.45) is 10.9 Å². The molecule has 0 aliphatic carbocycles. The van der Waals surface area contributed by atoms with Crippen molar-refractivity contribution >= 4 is 17.6 Å². The van der Waals surface area contributed by atoms with Crippen molar-refractivity contribution in [3.63, 3.8) is 0 Å². The minimum Gasteiger partial charge on any atom is -0.355 e. The van der Waals surface area contributed by atoms with E-state index in [1.165, 1.54) is 25.9 Å². The predicted octanol–water partition coefficient (Wildman–Crippen LogP) is 2.74. The standard InChI is InChI=1S/C17H27ClN4/c1-14-7-10-22(11-8-14)12-9-20-17(19-2)21-13-15-5-3-4-6-16(15)18/h3-6,14H,7-13H2,1-2H3,(H2,19,20,21). The number of rotatable bonds is 5. The average molecular weight is 323 g/mol. The highest BCUT2D eigenvalue weighted by molar-refractivity contribution is 6.31. The van der Waals surface area contributed by atoms with E-state index in [-0.39, 0.29) is 0 Å². The largest absolute Gasteiger partial charge is 0.355 e. The van der Waals surface area contributed by atoms with Crippen molar-refractivity contribution < 1.29 is 0 Å². The van der Waals surface area contributed by atoms with Gasteiger partial charge in [-0.1, -0.05) is 36.7 Å². The number of nitrogens with zero attached hydrogens (tertiary/aromatic N) is 2. The van der Waals surface area contributed by atoms with Gasteiger partial charge in [0.05, 0.1) is 0 Å². The van der Waals surface area contributed by atoms with E-state index in [1.807, 2.05) is 24.3 Å². The van der Waals surface area contributed by atoms with Crippen LogP contribution in [0.5, 0.6) is 0 Å². The lowest BCUT2D eigenvalue weighted by Gasteiger charge is -2.30. The average Bonchev–Trinajstić information content (AvgIpc) is 2.54. The van der Waals surface area contributed by atoms with Crippen LogP contribution in [0.3, 0.4) is 0 Å². The SMILES string of the molecule is CN=C(NCCN1CCC(C)CC1)NCc1ccccc1Cl. The molecule has 1 aliphatic rings. The van der Waals surface area contributed by atoms with Crippen LogP contribution < -0.4 is 10.6 Å². The van der Waals surface area contributed by atoms with Crippen LogP contribution in [0.25, 0.3) is 0 Å². The van der Waals surface area contributed by atoms with Crippen LogP contribution in [0, 0.1) is 5.92 Å². The minimum absolute atomic E-state index is 0.681. The number of guanidine groups is 1. The molecule has 4 nitrogen and oxygen atoms in total. The smallest absolute Gasteiger partial charge is 0.191 e. The Morgan fingerprint density at radius 1 is 1.27 bits per heavy atom. The molecule has 1 fully saturated rings. The Balaban J connectivity index is 1.68. The van der Waals surface area contributed by atoms with E-state index in [0.717, 1.165) is 35.6 Å². The fraction of sp³-hybridized carbons (Fsp3) is 0.588. The van der Waals surface area contributed by atoms with Crippen LogP contribution in [0.15, 0.2) is 29.3 Å². The second-order valence-electron chi connectivity index (χ2n) is 5.97. The van der Waals surface area contributed by atoms with Crippen molar-refractivity contribution in [1.29, 1.82) is 0 Å². The van der Waals surface area contributed by atoms with Crippen LogP contribution in [0.4, 0.5) is 0 Å². The first-order chi connectivity index (χ1) is 10.7. The molecule has 122 valence electrons. The van der Waals surface area contributed by atoms with E-state index in [9.17, 15) is 0 Å². The molecule has 0 amide bonds. The van der Waals surface area contributed by atoms with Gasteiger partial charge in [0, 0.05) is 31.7 Å². The third-order valence-electron chi connectivity index (χ3n) is 4.22. The number of piperidine rings is 1. The Kier molecular flexibility index (Phi) is 7.00. The monoisotopic (exact) mass is 322 g/mol. The van der Waals surface area contributed by atoms with Gasteiger partial charge in [-0.15, -0.1) is 0 Å². The molecule has 0 bridgehead atoms. The van der Waals surface area contributed by atoms with Gasteiger partial charge >= 0.3 is 0 Å². The van der Waals surface area contributed by atoms with Crippen molar-refractivity contribution in [3.8, 4) is 0 Å². The number of aliphatic imine (C=N–C) groups is 1.